The Labute approximate surface area is 360 Å². The molecule has 0 amide bonds. The highest BCUT2D eigenvalue weighted by Crippen LogP contribution is 2.52. The van der Waals surface area contributed by atoms with Gasteiger partial charge in [-0.25, -0.2) is 0 Å². The quantitative estimate of drug-likeness (QED) is 0.101. The summed E-state index contributed by atoms with van der Waals surface area (Å²) in [5, 5.41) is 7.45. The van der Waals surface area contributed by atoms with E-state index in [1.807, 2.05) is 0 Å². The third-order valence-electron chi connectivity index (χ3n) is 12.8. The fourth-order valence-electron chi connectivity index (χ4n) is 9.50. The van der Waals surface area contributed by atoms with Gasteiger partial charge in [0.1, 0.15) is 0 Å². The summed E-state index contributed by atoms with van der Waals surface area (Å²) in [6.45, 7) is 11.4. The Hall–Kier alpha value is -7.08. The fraction of sp³-hybridized carbons (Fsp3) is 0.153. The largest absolute Gasteiger partial charge is 0.331 e. The molecule has 0 aromatic heterocycles. The van der Waals surface area contributed by atoms with E-state index in [0.29, 0.717) is 11.8 Å². The molecule has 0 radical (unpaired) electrons. The van der Waals surface area contributed by atoms with Crippen LogP contribution >= 0.6 is 0 Å². The molecule has 10 rings (SSSR count). The summed E-state index contributed by atoms with van der Waals surface area (Å²) in [6, 6.07) is 65.5. The van der Waals surface area contributed by atoms with Crippen LogP contribution in [0.2, 0.25) is 0 Å². The summed E-state index contributed by atoms with van der Waals surface area (Å²) in [5.74, 6) is 0.881. The van der Waals surface area contributed by atoms with E-state index in [1.165, 1.54) is 71.4 Å². The van der Waals surface area contributed by atoms with Crippen molar-refractivity contribution >= 4 is 60.8 Å². The molecule has 0 N–H and O–H groups in total. The first-order valence-electron chi connectivity index (χ1n) is 21.7. The summed E-state index contributed by atoms with van der Waals surface area (Å²) in [5.41, 5.74) is 19.4. The van der Waals surface area contributed by atoms with Gasteiger partial charge in [-0.15, -0.1) is 0 Å². The second-order valence-corrected chi connectivity index (χ2v) is 17.4. The molecular formula is C59H50N2. The van der Waals surface area contributed by atoms with E-state index in [2.05, 4.69) is 244 Å². The molecule has 296 valence electrons. The van der Waals surface area contributed by atoms with Crippen molar-refractivity contribution < 1.29 is 0 Å². The first kappa shape index (κ1) is 38.1. The maximum absolute atomic E-state index is 3.38. The second kappa shape index (κ2) is 15.5. The van der Waals surface area contributed by atoms with Gasteiger partial charge in [0.15, 0.2) is 0 Å². The Bertz CT molecular complexity index is 3110. The maximum atomic E-state index is 3.38. The Morgan fingerprint density at radius 1 is 0.459 bits per heavy atom. The molecule has 0 spiro atoms. The third kappa shape index (κ3) is 6.72. The topological polar surface area (TPSA) is 6.48 Å². The lowest BCUT2D eigenvalue weighted by atomic mass is 9.84. The van der Waals surface area contributed by atoms with Gasteiger partial charge in [-0.05, 0) is 124 Å². The van der Waals surface area contributed by atoms with Crippen molar-refractivity contribution in [3.05, 3.63) is 211 Å². The first-order chi connectivity index (χ1) is 29.8. The van der Waals surface area contributed by atoms with Crippen molar-refractivity contribution in [3.8, 4) is 22.3 Å². The van der Waals surface area contributed by atoms with Crippen molar-refractivity contribution in [1.82, 2.24) is 0 Å². The van der Waals surface area contributed by atoms with Crippen LogP contribution in [-0.4, -0.2) is 5.54 Å². The molecule has 2 heteroatoms. The summed E-state index contributed by atoms with van der Waals surface area (Å²) in [4.78, 5) is 5.02. The molecule has 0 saturated heterocycles. The average Bonchev–Trinajstić information content (AvgIpc) is 3.30. The lowest BCUT2D eigenvalue weighted by Crippen LogP contribution is -2.42. The lowest BCUT2D eigenvalue weighted by Gasteiger charge is -2.42. The molecule has 61 heavy (non-hydrogen) atoms. The van der Waals surface area contributed by atoms with Crippen molar-refractivity contribution in [1.29, 1.82) is 0 Å². The van der Waals surface area contributed by atoms with E-state index in [-0.39, 0.29) is 0 Å². The Morgan fingerprint density at radius 2 is 0.902 bits per heavy atom. The molecule has 0 fully saturated rings. The van der Waals surface area contributed by atoms with Crippen LogP contribution in [0.5, 0.6) is 0 Å². The van der Waals surface area contributed by atoms with Gasteiger partial charge in [0.2, 0.25) is 0 Å². The summed E-state index contributed by atoms with van der Waals surface area (Å²) >= 11 is 0. The van der Waals surface area contributed by atoms with Crippen LogP contribution < -0.4 is 9.80 Å². The van der Waals surface area contributed by atoms with Gasteiger partial charge in [0, 0.05) is 45.0 Å². The molecule has 1 aliphatic rings. The van der Waals surface area contributed by atoms with E-state index >= 15 is 0 Å². The van der Waals surface area contributed by atoms with E-state index < -0.39 is 5.54 Å². The number of anilines is 5. The van der Waals surface area contributed by atoms with E-state index in [1.54, 1.807) is 0 Å². The van der Waals surface area contributed by atoms with E-state index in [4.69, 9.17) is 0 Å². The van der Waals surface area contributed by atoms with Crippen LogP contribution in [0.1, 0.15) is 64.0 Å². The predicted molar refractivity (Wildman–Crippen MR) is 262 cm³/mol. The van der Waals surface area contributed by atoms with Crippen LogP contribution in [0.15, 0.2) is 200 Å². The van der Waals surface area contributed by atoms with Crippen LogP contribution in [0.3, 0.4) is 0 Å². The number of rotatable bonds is 10. The van der Waals surface area contributed by atoms with Crippen molar-refractivity contribution in [3.63, 3.8) is 0 Å². The number of hydrogen-bond acceptors (Lipinski definition) is 2. The molecule has 1 atom stereocenters. The van der Waals surface area contributed by atoms with Gasteiger partial charge >= 0.3 is 0 Å². The summed E-state index contributed by atoms with van der Waals surface area (Å²) in [6.07, 6.45) is 5.14. The Kier molecular flexibility index (Phi) is 9.70. The van der Waals surface area contributed by atoms with E-state index in [9.17, 15) is 0 Å². The molecular weight excluding hydrogens is 737 g/mol. The normalized spacial score (nSPS) is 14.9. The minimum absolute atomic E-state index is 0.395. The van der Waals surface area contributed by atoms with Gasteiger partial charge in [0.05, 0.1) is 16.9 Å². The molecule has 0 heterocycles. The highest BCUT2D eigenvalue weighted by atomic mass is 15.2. The van der Waals surface area contributed by atoms with Gasteiger partial charge in [-0.3, -0.25) is 0 Å². The Balaban J connectivity index is 1.35. The van der Waals surface area contributed by atoms with Crippen LogP contribution in [0, 0.1) is 0 Å². The van der Waals surface area contributed by atoms with Crippen LogP contribution in [0.4, 0.5) is 28.4 Å². The van der Waals surface area contributed by atoms with Crippen LogP contribution in [-0.2, 0) is 0 Å². The molecule has 9 aromatic carbocycles. The van der Waals surface area contributed by atoms with E-state index in [0.717, 1.165) is 29.2 Å². The Morgan fingerprint density at radius 3 is 1.39 bits per heavy atom. The first-order valence-corrected chi connectivity index (χ1v) is 21.7. The van der Waals surface area contributed by atoms with Gasteiger partial charge in [-0.2, -0.15) is 0 Å². The monoisotopic (exact) mass is 786 g/mol. The summed E-state index contributed by atoms with van der Waals surface area (Å²) in [7, 11) is 0. The zero-order chi connectivity index (χ0) is 41.7. The highest BCUT2D eigenvalue weighted by Gasteiger charge is 2.34. The molecule has 0 saturated carbocycles. The smallest absolute Gasteiger partial charge is 0.0725 e. The fourth-order valence-corrected chi connectivity index (χ4v) is 9.50. The molecule has 0 aliphatic heterocycles. The van der Waals surface area contributed by atoms with Crippen molar-refractivity contribution in [2.24, 2.45) is 0 Å². The lowest BCUT2D eigenvalue weighted by molar-refractivity contribution is 0.574. The number of nitrogens with zero attached hydrogens (tertiary/aromatic N) is 2. The second-order valence-electron chi connectivity index (χ2n) is 17.4. The molecule has 1 unspecified atom stereocenters. The number of benzene rings is 9. The summed E-state index contributed by atoms with van der Waals surface area (Å²) < 4.78 is 0. The molecule has 9 aromatic rings. The minimum atomic E-state index is -0.395. The molecule has 1 aliphatic carbocycles. The number of para-hydroxylation sites is 1. The molecule has 2 nitrogen and oxygen atoms in total. The van der Waals surface area contributed by atoms with Gasteiger partial charge < -0.3 is 9.80 Å². The predicted octanol–water partition coefficient (Wildman–Crippen LogP) is 16.8. The third-order valence-corrected chi connectivity index (χ3v) is 12.8. The van der Waals surface area contributed by atoms with Crippen molar-refractivity contribution in [2.45, 2.75) is 58.4 Å². The maximum Gasteiger partial charge on any atom is 0.0725 e. The molecule has 0 bridgehead atoms. The van der Waals surface area contributed by atoms with Gasteiger partial charge in [-0.1, -0.05) is 167 Å². The number of hydrogen-bond donors (Lipinski definition) is 0. The van der Waals surface area contributed by atoms with Crippen LogP contribution in [0.25, 0.3) is 54.6 Å². The van der Waals surface area contributed by atoms with Crippen molar-refractivity contribution in [2.75, 3.05) is 9.80 Å². The highest BCUT2D eigenvalue weighted by molar-refractivity contribution is 6.32. The van der Waals surface area contributed by atoms with Gasteiger partial charge in [0.25, 0.3) is 0 Å². The zero-order valence-corrected chi connectivity index (χ0v) is 35.7. The minimum Gasteiger partial charge on any atom is -0.331 e. The zero-order valence-electron chi connectivity index (χ0n) is 35.7. The SMILES string of the molecule is CC(C)c1ccc(N(c2ccccc2)c2cc(-c3ccccc3)c3ccc4c(N(c5ccc(C(C)C)cc5)C5(C)C=C=C=CC5)cc(-c5ccccc5)c5ccc2c3c54)cc1. The average molecular weight is 787 g/mol. The standard InChI is InChI=1S/C59H50N2/c1-40(2)42-24-28-47(29-25-42)60(46-22-14-8-15-23-46)55-38-53(44-18-10-6-11-19-44)49-33-35-52-56(39-54(45-20-12-7-13-21-45)50-32-34-51(55)57(49)58(50)52)61(59(5)36-16-9-17-37-59)48-30-26-43(27-31-48)41(3)4/h6-8,10-16,18-35,37-41H,36H2,1-5H3.